The molecule has 27 heavy (non-hydrogen) atoms. The van der Waals surface area contributed by atoms with Crippen molar-refractivity contribution < 1.29 is 14.2 Å². The highest BCUT2D eigenvalue weighted by Crippen LogP contribution is 2.32. The molecule has 1 unspecified atom stereocenters. The second kappa shape index (κ2) is 7.72. The van der Waals surface area contributed by atoms with E-state index in [1.165, 1.54) is 5.56 Å². The van der Waals surface area contributed by atoms with Gasteiger partial charge >= 0.3 is 0 Å². The van der Waals surface area contributed by atoms with Crippen LogP contribution >= 0.6 is 0 Å². The number of nitrogens with zero attached hydrogens (tertiary/aromatic N) is 3. The fourth-order valence-electron chi connectivity index (χ4n) is 3.78. The molecule has 0 bridgehead atoms. The molecule has 0 N–H and O–H groups in total. The number of likely N-dealkylation sites (tertiary alicyclic amines) is 1. The summed E-state index contributed by atoms with van der Waals surface area (Å²) < 4.78 is 17.3. The fraction of sp³-hybridized carbons (Fsp3) is 0.524. The summed E-state index contributed by atoms with van der Waals surface area (Å²) >= 11 is 0. The summed E-state index contributed by atoms with van der Waals surface area (Å²) in [4.78, 5) is 11.6. The molecule has 0 amide bonds. The standard InChI is InChI=1S/C21H27N3O3/c1-14-12-15(2)22-20(13-14)27-17-6-8-24(9-7-17)16(3)18-4-5-19-21(23-18)26-11-10-25-19/h4-5,12-13,16-17H,6-11H2,1-3H3. The van der Waals surface area contributed by atoms with Crippen LogP contribution in [0.5, 0.6) is 17.5 Å². The predicted molar refractivity (Wildman–Crippen MR) is 103 cm³/mol. The van der Waals surface area contributed by atoms with Crippen LogP contribution in [0.2, 0.25) is 0 Å². The zero-order valence-corrected chi connectivity index (χ0v) is 16.3. The summed E-state index contributed by atoms with van der Waals surface area (Å²) in [5.74, 6) is 2.10. The van der Waals surface area contributed by atoms with Gasteiger partial charge in [0.15, 0.2) is 5.75 Å². The molecular weight excluding hydrogens is 342 g/mol. The third kappa shape index (κ3) is 4.16. The van der Waals surface area contributed by atoms with E-state index in [0.717, 1.165) is 48.9 Å². The number of aromatic nitrogens is 2. The number of piperidine rings is 1. The SMILES string of the molecule is Cc1cc(C)nc(OC2CCN(C(C)c3ccc4c(n3)OCCO4)CC2)c1. The Morgan fingerprint density at radius 3 is 2.63 bits per heavy atom. The number of rotatable bonds is 4. The van der Waals surface area contributed by atoms with Crippen molar-refractivity contribution in [2.24, 2.45) is 0 Å². The van der Waals surface area contributed by atoms with Gasteiger partial charge in [-0.2, -0.15) is 0 Å². The monoisotopic (exact) mass is 369 g/mol. The van der Waals surface area contributed by atoms with Gasteiger partial charge in [-0.3, -0.25) is 4.90 Å². The van der Waals surface area contributed by atoms with Crippen LogP contribution in [0.3, 0.4) is 0 Å². The van der Waals surface area contributed by atoms with Crippen LogP contribution in [0.4, 0.5) is 0 Å². The Balaban J connectivity index is 1.36. The van der Waals surface area contributed by atoms with E-state index >= 15 is 0 Å². The Morgan fingerprint density at radius 1 is 1.07 bits per heavy atom. The van der Waals surface area contributed by atoms with Crippen LogP contribution in [0.25, 0.3) is 0 Å². The molecule has 2 aromatic heterocycles. The van der Waals surface area contributed by atoms with Crippen molar-refractivity contribution >= 4 is 0 Å². The number of hydrogen-bond donors (Lipinski definition) is 0. The topological polar surface area (TPSA) is 56.7 Å². The summed E-state index contributed by atoms with van der Waals surface area (Å²) in [6.07, 6.45) is 2.20. The predicted octanol–water partition coefficient (Wildman–Crippen LogP) is 3.47. The smallest absolute Gasteiger partial charge is 0.257 e. The van der Waals surface area contributed by atoms with E-state index in [0.29, 0.717) is 19.1 Å². The molecule has 1 atom stereocenters. The van der Waals surface area contributed by atoms with Gasteiger partial charge in [-0.05, 0) is 57.4 Å². The van der Waals surface area contributed by atoms with Crippen LogP contribution in [0, 0.1) is 13.8 Å². The van der Waals surface area contributed by atoms with E-state index in [1.807, 2.05) is 25.1 Å². The first kappa shape index (κ1) is 18.0. The molecule has 4 heterocycles. The lowest BCUT2D eigenvalue weighted by Crippen LogP contribution is -2.40. The zero-order valence-electron chi connectivity index (χ0n) is 16.3. The molecule has 2 aliphatic rings. The molecular formula is C21H27N3O3. The number of fused-ring (bicyclic) bond motifs is 1. The Morgan fingerprint density at radius 2 is 1.85 bits per heavy atom. The first-order valence-electron chi connectivity index (χ1n) is 9.71. The quantitative estimate of drug-likeness (QED) is 0.823. The molecule has 1 fully saturated rings. The van der Waals surface area contributed by atoms with Gasteiger partial charge in [-0.25, -0.2) is 9.97 Å². The van der Waals surface area contributed by atoms with Crippen LogP contribution in [0.1, 0.15) is 42.8 Å². The Kier molecular flexibility index (Phi) is 5.16. The number of ether oxygens (including phenoxy) is 3. The normalized spacial score (nSPS) is 18.9. The Bertz CT molecular complexity index is 783. The molecule has 4 rings (SSSR count). The minimum Gasteiger partial charge on any atom is -0.484 e. The molecule has 6 heteroatoms. The number of aryl methyl sites for hydroxylation is 2. The average molecular weight is 369 g/mol. The fourth-order valence-corrected chi connectivity index (χ4v) is 3.78. The van der Waals surface area contributed by atoms with Gasteiger partial charge in [0, 0.05) is 30.9 Å². The molecule has 6 nitrogen and oxygen atoms in total. The highest BCUT2D eigenvalue weighted by molar-refractivity contribution is 5.36. The van der Waals surface area contributed by atoms with Crippen LogP contribution in [-0.4, -0.2) is 47.3 Å². The molecule has 2 aliphatic heterocycles. The second-order valence-corrected chi connectivity index (χ2v) is 7.39. The van der Waals surface area contributed by atoms with Crippen molar-refractivity contribution in [1.82, 2.24) is 14.9 Å². The third-order valence-electron chi connectivity index (χ3n) is 5.24. The van der Waals surface area contributed by atoms with Gasteiger partial charge in [-0.1, -0.05) is 0 Å². The third-order valence-corrected chi connectivity index (χ3v) is 5.24. The summed E-state index contributed by atoms with van der Waals surface area (Å²) in [7, 11) is 0. The average Bonchev–Trinajstić information content (AvgIpc) is 2.67. The molecule has 0 spiro atoms. The molecule has 144 valence electrons. The largest absolute Gasteiger partial charge is 0.484 e. The van der Waals surface area contributed by atoms with E-state index in [9.17, 15) is 0 Å². The van der Waals surface area contributed by atoms with Gasteiger partial charge in [0.25, 0.3) is 5.88 Å². The van der Waals surface area contributed by atoms with Gasteiger partial charge in [0.05, 0.1) is 5.69 Å². The summed E-state index contributed by atoms with van der Waals surface area (Å²) in [6, 6.07) is 8.33. The maximum Gasteiger partial charge on any atom is 0.257 e. The lowest BCUT2D eigenvalue weighted by Gasteiger charge is -2.35. The van der Waals surface area contributed by atoms with Crippen molar-refractivity contribution in [2.45, 2.75) is 45.8 Å². The van der Waals surface area contributed by atoms with Crippen molar-refractivity contribution in [3.05, 3.63) is 41.2 Å². The lowest BCUT2D eigenvalue weighted by molar-refractivity contribution is 0.0751. The van der Waals surface area contributed by atoms with Crippen LogP contribution < -0.4 is 14.2 Å². The molecule has 0 aromatic carbocycles. The van der Waals surface area contributed by atoms with Gasteiger partial charge < -0.3 is 14.2 Å². The second-order valence-electron chi connectivity index (χ2n) is 7.39. The van der Waals surface area contributed by atoms with E-state index in [4.69, 9.17) is 14.2 Å². The van der Waals surface area contributed by atoms with Gasteiger partial charge in [0.2, 0.25) is 5.88 Å². The van der Waals surface area contributed by atoms with Crippen molar-refractivity contribution in [2.75, 3.05) is 26.3 Å². The van der Waals surface area contributed by atoms with E-state index in [2.05, 4.69) is 34.8 Å². The number of hydrogen-bond acceptors (Lipinski definition) is 6. The minimum absolute atomic E-state index is 0.218. The van der Waals surface area contributed by atoms with Crippen LogP contribution in [-0.2, 0) is 0 Å². The van der Waals surface area contributed by atoms with E-state index in [-0.39, 0.29) is 12.1 Å². The van der Waals surface area contributed by atoms with E-state index < -0.39 is 0 Å². The maximum atomic E-state index is 6.14. The van der Waals surface area contributed by atoms with Crippen molar-refractivity contribution in [3.63, 3.8) is 0 Å². The maximum absolute atomic E-state index is 6.14. The summed E-state index contributed by atoms with van der Waals surface area (Å²) in [5.41, 5.74) is 3.21. The molecule has 2 aromatic rings. The highest BCUT2D eigenvalue weighted by atomic mass is 16.6. The number of pyridine rings is 2. The zero-order chi connectivity index (χ0) is 18.8. The van der Waals surface area contributed by atoms with Crippen molar-refractivity contribution in [1.29, 1.82) is 0 Å². The molecule has 0 aliphatic carbocycles. The molecule has 0 saturated carbocycles. The minimum atomic E-state index is 0.218. The summed E-state index contributed by atoms with van der Waals surface area (Å²) in [6.45, 7) is 9.39. The molecule has 1 saturated heterocycles. The Labute approximate surface area is 160 Å². The highest BCUT2D eigenvalue weighted by Gasteiger charge is 2.26. The van der Waals surface area contributed by atoms with Gasteiger partial charge in [0.1, 0.15) is 19.3 Å². The lowest BCUT2D eigenvalue weighted by atomic mass is 10.0. The first-order chi connectivity index (χ1) is 13.1. The summed E-state index contributed by atoms with van der Waals surface area (Å²) in [5, 5.41) is 0. The van der Waals surface area contributed by atoms with Gasteiger partial charge in [-0.15, -0.1) is 0 Å². The first-order valence-corrected chi connectivity index (χ1v) is 9.71. The van der Waals surface area contributed by atoms with Crippen molar-refractivity contribution in [3.8, 4) is 17.5 Å². The molecule has 0 radical (unpaired) electrons. The van der Waals surface area contributed by atoms with Crippen LogP contribution in [0.15, 0.2) is 24.3 Å². The van der Waals surface area contributed by atoms with E-state index in [1.54, 1.807) is 0 Å². The Hall–Kier alpha value is -2.34.